The van der Waals surface area contributed by atoms with Crippen molar-refractivity contribution in [2.45, 2.75) is 59.1 Å². The van der Waals surface area contributed by atoms with Crippen molar-refractivity contribution < 1.29 is 24.2 Å². The van der Waals surface area contributed by atoms with Crippen LogP contribution in [0.15, 0.2) is 24.3 Å². The van der Waals surface area contributed by atoms with Gasteiger partial charge in [0.2, 0.25) is 5.91 Å². The fourth-order valence-corrected chi connectivity index (χ4v) is 2.45. The fourth-order valence-electron chi connectivity index (χ4n) is 2.45. The number of carbonyl (C=O) groups excluding carboxylic acids is 2. The molecule has 1 aromatic rings. The Kier molecular flexibility index (Phi) is 8.78. The Labute approximate surface area is 160 Å². The maximum absolute atomic E-state index is 12.1. The SMILES string of the molecule is CC(C)C[C@H](NC(=O)CNC(=O)C(C)Oc1cccc(C(C)C)c1)C(=O)O. The molecule has 0 aliphatic heterocycles. The molecule has 0 aliphatic rings. The minimum atomic E-state index is -1.09. The second-order valence-corrected chi connectivity index (χ2v) is 7.29. The first-order chi connectivity index (χ1) is 12.6. The van der Waals surface area contributed by atoms with E-state index in [1.165, 1.54) is 0 Å². The van der Waals surface area contributed by atoms with Crippen molar-refractivity contribution in [3.8, 4) is 5.75 Å². The van der Waals surface area contributed by atoms with Gasteiger partial charge in [-0.3, -0.25) is 9.59 Å². The predicted molar refractivity (Wildman–Crippen MR) is 103 cm³/mol. The van der Waals surface area contributed by atoms with Crippen molar-refractivity contribution in [1.82, 2.24) is 10.6 Å². The van der Waals surface area contributed by atoms with Gasteiger partial charge in [0.15, 0.2) is 6.10 Å². The van der Waals surface area contributed by atoms with Crippen LogP contribution in [-0.4, -0.2) is 41.6 Å². The Morgan fingerprint density at radius 1 is 1.11 bits per heavy atom. The molecule has 0 radical (unpaired) electrons. The highest BCUT2D eigenvalue weighted by molar-refractivity contribution is 5.89. The first-order valence-corrected chi connectivity index (χ1v) is 9.16. The molecule has 0 bridgehead atoms. The summed E-state index contributed by atoms with van der Waals surface area (Å²) in [6, 6.07) is 6.53. The zero-order valence-electron chi connectivity index (χ0n) is 16.6. The fraction of sp³-hybridized carbons (Fsp3) is 0.550. The van der Waals surface area contributed by atoms with Gasteiger partial charge in [0.25, 0.3) is 5.91 Å². The van der Waals surface area contributed by atoms with E-state index in [0.717, 1.165) is 5.56 Å². The molecule has 0 aromatic heterocycles. The number of carbonyl (C=O) groups is 3. The van der Waals surface area contributed by atoms with Crippen molar-refractivity contribution in [2.75, 3.05) is 6.54 Å². The summed E-state index contributed by atoms with van der Waals surface area (Å²) in [5.41, 5.74) is 1.10. The first-order valence-electron chi connectivity index (χ1n) is 9.16. The Morgan fingerprint density at radius 3 is 2.33 bits per heavy atom. The molecular formula is C20H30N2O5. The lowest BCUT2D eigenvalue weighted by atomic mass is 10.0. The molecule has 7 heteroatoms. The van der Waals surface area contributed by atoms with E-state index in [2.05, 4.69) is 24.5 Å². The average molecular weight is 378 g/mol. The van der Waals surface area contributed by atoms with Crippen LogP contribution >= 0.6 is 0 Å². The van der Waals surface area contributed by atoms with Crippen LogP contribution in [0.2, 0.25) is 0 Å². The van der Waals surface area contributed by atoms with Crippen molar-refractivity contribution in [3.05, 3.63) is 29.8 Å². The molecule has 0 spiro atoms. The quantitative estimate of drug-likeness (QED) is 0.579. The van der Waals surface area contributed by atoms with E-state index in [4.69, 9.17) is 9.84 Å². The predicted octanol–water partition coefficient (Wildman–Crippen LogP) is 2.31. The smallest absolute Gasteiger partial charge is 0.326 e. The van der Waals surface area contributed by atoms with Crippen molar-refractivity contribution in [1.29, 1.82) is 0 Å². The van der Waals surface area contributed by atoms with Crippen LogP contribution < -0.4 is 15.4 Å². The minimum Gasteiger partial charge on any atom is -0.481 e. The van der Waals surface area contributed by atoms with Crippen LogP contribution in [0.5, 0.6) is 5.75 Å². The molecule has 150 valence electrons. The number of carboxylic acids is 1. The molecule has 0 aliphatic carbocycles. The van der Waals surface area contributed by atoms with E-state index < -0.39 is 29.9 Å². The lowest BCUT2D eigenvalue weighted by molar-refractivity contribution is -0.142. The van der Waals surface area contributed by atoms with Crippen LogP contribution in [0.1, 0.15) is 52.5 Å². The van der Waals surface area contributed by atoms with Gasteiger partial charge in [0.05, 0.1) is 6.54 Å². The Hall–Kier alpha value is -2.57. The molecule has 2 atom stereocenters. The topological polar surface area (TPSA) is 105 Å². The third kappa shape index (κ3) is 8.11. The Balaban J connectivity index is 2.52. The Morgan fingerprint density at radius 2 is 1.78 bits per heavy atom. The van der Waals surface area contributed by atoms with Gasteiger partial charge in [0, 0.05) is 0 Å². The highest BCUT2D eigenvalue weighted by Crippen LogP contribution is 2.20. The maximum Gasteiger partial charge on any atom is 0.326 e. The minimum absolute atomic E-state index is 0.121. The summed E-state index contributed by atoms with van der Waals surface area (Å²) in [6.07, 6.45) is -0.466. The second kappa shape index (κ2) is 10.5. The Bertz CT molecular complexity index is 658. The summed E-state index contributed by atoms with van der Waals surface area (Å²) in [7, 11) is 0. The van der Waals surface area contributed by atoms with Crippen LogP contribution in [-0.2, 0) is 14.4 Å². The van der Waals surface area contributed by atoms with Crippen LogP contribution in [0.25, 0.3) is 0 Å². The van der Waals surface area contributed by atoms with Gasteiger partial charge in [-0.2, -0.15) is 0 Å². The van der Waals surface area contributed by atoms with E-state index in [-0.39, 0.29) is 12.5 Å². The number of hydrogen-bond donors (Lipinski definition) is 3. The lowest BCUT2D eigenvalue weighted by Gasteiger charge is -2.18. The van der Waals surface area contributed by atoms with E-state index in [9.17, 15) is 14.4 Å². The summed E-state index contributed by atoms with van der Waals surface area (Å²) < 4.78 is 5.63. The van der Waals surface area contributed by atoms with E-state index in [1.807, 2.05) is 32.0 Å². The molecule has 0 fully saturated rings. The van der Waals surface area contributed by atoms with Crippen LogP contribution in [0, 0.1) is 5.92 Å². The number of hydrogen-bond acceptors (Lipinski definition) is 4. The number of ether oxygens (including phenoxy) is 1. The normalized spacial score (nSPS) is 13.1. The van der Waals surface area contributed by atoms with Gasteiger partial charge < -0.3 is 20.5 Å². The van der Waals surface area contributed by atoms with Crippen LogP contribution in [0.3, 0.4) is 0 Å². The number of aliphatic carboxylic acids is 1. The molecule has 0 saturated heterocycles. The van der Waals surface area contributed by atoms with E-state index >= 15 is 0 Å². The zero-order chi connectivity index (χ0) is 20.6. The highest BCUT2D eigenvalue weighted by Gasteiger charge is 2.22. The van der Waals surface area contributed by atoms with E-state index in [0.29, 0.717) is 18.1 Å². The van der Waals surface area contributed by atoms with Gasteiger partial charge in [-0.25, -0.2) is 4.79 Å². The van der Waals surface area contributed by atoms with Crippen molar-refractivity contribution >= 4 is 17.8 Å². The first kappa shape index (κ1) is 22.5. The highest BCUT2D eigenvalue weighted by atomic mass is 16.5. The van der Waals surface area contributed by atoms with Gasteiger partial charge >= 0.3 is 5.97 Å². The van der Waals surface area contributed by atoms with Gasteiger partial charge in [-0.1, -0.05) is 39.8 Å². The molecule has 27 heavy (non-hydrogen) atoms. The molecule has 1 rings (SSSR count). The molecule has 1 unspecified atom stereocenters. The molecule has 7 nitrogen and oxygen atoms in total. The third-order valence-electron chi connectivity index (χ3n) is 3.97. The lowest BCUT2D eigenvalue weighted by Crippen LogP contribution is -2.47. The number of amides is 2. The summed E-state index contributed by atoms with van der Waals surface area (Å²) in [5.74, 6) is -1.05. The summed E-state index contributed by atoms with van der Waals surface area (Å²) in [5, 5.41) is 14.0. The molecular weight excluding hydrogens is 348 g/mol. The number of carboxylic acid groups (broad SMARTS) is 1. The molecule has 0 saturated carbocycles. The molecule has 3 N–H and O–H groups in total. The van der Waals surface area contributed by atoms with Gasteiger partial charge in [-0.15, -0.1) is 0 Å². The van der Waals surface area contributed by atoms with Crippen molar-refractivity contribution in [2.24, 2.45) is 5.92 Å². The summed E-state index contributed by atoms with van der Waals surface area (Å²) in [4.78, 5) is 35.2. The molecule has 1 aromatic carbocycles. The summed E-state index contributed by atoms with van der Waals surface area (Å²) >= 11 is 0. The number of rotatable bonds is 10. The molecule has 2 amide bonds. The monoisotopic (exact) mass is 378 g/mol. The average Bonchev–Trinajstić information content (AvgIpc) is 2.58. The van der Waals surface area contributed by atoms with Gasteiger partial charge in [-0.05, 0) is 42.9 Å². The maximum atomic E-state index is 12.1. The zero-order valence-corrected chi connectivity index (χ0v) is 16.6. The third-order valence-corrected chi connectivity index (χ3v) is 3.97. The summed E-state index contributed by atoms with van der Waals surface area (Å²) in [6.45, 7) is 9.16. The second-order valence-electron chi connectivity index (χ2n) is 7.29. The van der Waals surface area contributed by atoms with E-state index in [1.54, 1.807) is 13.0 Å². The van der Waals surface area contributed by atoms with Crippen molar-refractivity contribution in [3.63, 3.8) is 0 Å². The molecule has 0 heterocycles. The largest absolute Gasteiger partial charge is 0.481 e. The van der Waals surface area contributed by atoms with Crippen LogP contribution in [0.4, 0.5) is 0 Å². The number of benzene rings is 1. The van der Waals surface area contributed by atoms with Gasteiger partial charge in [0.1, 0.15) is 11.8 Å². The standard InChI is InChI=1S/C20H30N2O5/c1-12(2)9-17(20(25)26)22-18(23)11-21-19(24)14(5)27-16-8-6-7-15(10-16)13(3)4/h6-8,10,12-14,17H,9,11H2,1-5H3,(H,21,24)(H,22,23)(H,25,26)/t14?,17-/m0/s1. The number of nitrogens with one attached hydrogen (secondary N) is 2.